The first-order valence-electron chi connectivity index (χ1n) is 10.5. The van der Waals surface area contributed by atoms with E-state index in [2.05, 4.69) is 33.2 Å². The summed E-state index contributed by atoms with van der Waals surface area (Å²) in [6.07, 6.45) is 2.37. The van der Waals surface area contributed by atoms with E-state index < -0.39 is 11.7 Å². The number of hydrogen-bond donors (Lipinski definition) is 4. The Labute approximate surface area is 203 Å². The molecule has 0 bridgehead atoms. The third-order valence-corrected chi connectivity index (χ3v) is 4.03. The number of nitrogens with zero attached hydrogens (tertiary/aromatic N) is 1. The number of aliphatic imine (C=N–C) groups is 1. The Morgan fingerprint density at radius 2 is 1.55 bits per heavy atom. The highest BCUT2D eigenvalue weighted by Gasteiger charge is 2.15. The van der Waals surface area contributed by atoms with Crippen LogP contribution < -0.4 is 21.3 Å². The van der Waals surface area contributed by atoms with E-state index in [-0.39, 0.29) is 29.9 Å². The number of nitrogens with one attached hydrogen (secondary N) is 4. The minimum absolute atomic E-state index is 0. The summed E-state index contributed by atoms with van der Waals surface area (Å²) in [6.45, 7) is 10.1. The monoisotopic (exact) mass is 547 g/mol. The van der Waals surface area contributed by atoms with E-state index in [1.54, 1.807) is 7.05 Å². The van der Waals surface area contributed by atoms with Gasteiger partial charge >= 0.3 is 6.09 Å². The third-order valence-electron chi connectivity index (χ3n) is 4.03. The zero-order valence-corrected chi connectivity index (χ0v) is 21.7. The van der Waals surface area contributed by atoms with Crippen LogP contribution in [0.15, 0.2) is 29.3 Å². The molecule has 0 fully saturated rings. The number of halogens is 1. The molecule has 9 heteroatoms. The average Bonchev–Trinajstić information content (AvgIpc) is 2.69. The van der Waals surface area contributed by atoms with Crippen molar-refractivity contribution in [2.24, 2.45) is 4.99 Å². The Balaban J connectivity index is 0.00000900. The topological polar surface area (TPSA) is 104 Å². The van der Waals surface area contributed by atoms with Gasteiger partial charge in [0.1, 0.15) is 5.60 Å². The van der Waals surface area contributed by atoms with Crippen molar-refractivity contribution >= 4 is 41.9 Å². The third kappa shape index (κ3) is 13.8. The van der Waals surface area contributed by atoms with Crippen molar-refractivity contribution in [3.63, 3.8) is 0 Å². The molecule has 0 atom stereocenters. The Morgan fingerprint density at radius 3 is 2.13 bits per heavy atom. The van der Waals surface area contributed by atoms with Crippen molar-refractivity contribution in [3.8, 4) is 0 Å². The zero-order valence-electron chi connectivity index (χ0n) is 19.3. The smallest absolute Gasteiger partial charge is 0.407 e. The normalized spacial score (nSPS) is 11.2. The van der Waals surface area contributed by atoms with E-state index in [1.807, 2.05) is 45.0 Å². The fourth-order valence-corrected chi connectivity index (χ4v) is 2.46. The summed E-state index contributed by atoms with van der Waals surface area (Å²) in [5.74, 6) is 0.633. The van der Waals surface area contributed by atoms with Crippen molar-refractivity contribution in [2.75, 3.05) is 26.7 Å². The Kier molecular flexibility index (Phi) is 14.7. The fourth-order valence-electron chi connectivity index (χ4n) is 2.46. The minimum atomic E-state index is -0.495. The van der Waals surface area contributed by atoms with Crippen LogP contribution >= 0.6 is 24.0 Å². The number of guanidine groups is 1. The predicted octanol–water partition coefficient (Wildman–Crippen LogP) is 3.41. The first kappa shape index (κ1) is 29.0. The second-order valence-corrected chi connectivity index (χ2v) is 7.94. The summed E-state index contributed by atoms with van der Waals surface area (Å²) in [5.41, 5.74) is 1.22. The molecule has 0 saturated carbocycles. The van der Waals surface area contributed by atoms with Gasteiger partial charge in [0.2, 0.25) is 0 Å². The van der Waals surface area contributed by atoms with E-state index in [0.29, 0.717) is 37.7 Å². The summed E-state index contributed by atoms with van der Waals surface area (Å²) in [4.78, 5) is 27.8. The lowest BCUT2D eigenvalue weighted by molar-refractivity contribution is 0.0527. The molecule has 0 aliphatic carbocycles. The molecule has 0 radical (unpaired) electrons. The van der Waals surface area contributed by atoms with Crippen molar-refractivity contribution in [3.05, 3.63) is 35.4 Å². The maximum absolute atomic E-state index is 12.0. The zero-order chi connectivity index (χ0) is 22.4. The molecule has 1 aromatic carbocycles. The van der Waals surface area contributed by atoms with Crippen molar-refractivity contribution in [1.82, 2.24) is 21.3 Å². The van der Waals surface area contributed by atoms with E-state index in [0.717, 1.165) is 24.8 Å². The molecule has 0 heterocycles. The summed E-state index contributed by atoms with van der Waals surface area (Å²) >= 11 is 0. The predicted molar refractivity (Wildman–Crippen MR) is 136 cm³/mol. The van der Waals surface area contributed by atoms with Gasteiger partial charge in [-0.2, -0.15) is 0 Å². The Bertz CT molecular complexity index is 687. The number of carbonyl (C=O) groups excluding carboxylic acids is 2. The van der Waals surface area contributed by atoms with E-state index in [1.165, 1.54) is 0 Å². The number of unbranched alkanes of at least 4 members (excludes halogenated alkanes) is 1. The SMILES string of the molecule is CCCCNC(=O)c1ccc(CNC(=NC)NCCCNC(=O)OC(C)(C)C)cc1.I. The Morgan fingerprint density at radius 1 is 0.935 bits per heavy atom. The lowest BCUT2D eigenvalue weighted by Gasteiger charge is -2.19. The minimum Gasteiger partial charge on any atom is -0.444 e. The summed E-state index contributed by atoms with van der Waals surface area (Å²) in [5, 5.41) is 12.1. The van der Waals surface area contributed by atoms with Gasteiger partial charge in [-0.25, -0.2) is 4.79 Å². The van der Waals surface area contributed by atoms with E-state index in [4.69, 9.17) is 4.74 Å². The van der Waals surface area contributed by atoms with Crippen molar-refractivity contribution in [2.45, 2.75) is 59.1 Å². The van der Waals surface area contributed by atoms with Gasteiger partial charge in [0, 0.05) is 38.8 Å². The standard InChI is InChI=1S/C22H37N5O3.HI/c1-6-7-13-24-19(28)18-11-9-17(10-12-18)16-27-20(23-5)25-14-8-15-26-21(29)30-22(2,3)4;/h9-12H,6-8,13-16H2,1-5H3,(H,24,28)(H,26,29)(H2,23,25,27);1H. The highest BCUT2D eigenvalue weighted by Crippen LogP contribution is 2.06. The molecule has 0 aromatic heterocycles. The number of amides is 2. The molecule has 0 saturated heterocycles. The van der Waals surface area contributed by atoms with Gasteiger partial charge in [-0.15, -0.1) is 24.0 Å². The first-order valence-corrected chi connectivity index (χ1v) is 10.5. The quantitative estimate of drug-likeness (QED) is 0.156. The fraction of sp³-hybridized carbons (Fsp3) is 0.591. The molecule has 1 rings (SSSR count). The van der Waals surface area contributed by atoms with Crippen LogP contribution in [0.25, 0.3) is 0 Å². The van der Waals surface area contributed by atoms with Crippen LogP contribution in [-0.2, 0) is 11.3 Å². The molecular weight excluding hydrogens is 509 g/mol. The second kappa shape index (κ2) is 15.7. The number of rotatable bonds is 10. The molecule has 2 amide bonds. The molecule has 176 valence electrons. The van der Waals surface area contributed by atoms with Gasteiger partial charge < -0.3 is 26.0 Å². The van der Waals surface area contributed by atoms with Gasteiger partial charge in [0.05, 0.1) is 0 Å². The molecule has 0 aliphatic rings. The summed E-state index contributed by atoms with van der Waals surface area (Å²) in [7, 11) is 1.71. The van der Waals surface area contributed by atoms with Gasteiger partial charge in [0.15, 0.2) is 5.96 Å². The average molecular weight is 547 g/mol. The maximum Gasteiger partial charge on any atom is 0.407 e. The summed E-state index contributed by atoms with van der Waals surface area (Å²) in [6, 6.07) is 7.52. The largest absolute Gasteiger partial charge is 0.444 e. The molecule has 31 heavy (non-hydrogen) atoms. The van der Waals surface area contributed by atoms with Gasteiger partial charge in [-0.3, -0.25) is 9.79 Å². The molecule has 8 nitrogen and oxygen atoms in total. The van der Waals surface area contributed by atoms with E-state index in [9.17, 15) is 9.59 Å². The highest BCUT2D eigenvalue weighted by atomic mass is 127. The highest BCUT2D eigenvalue weighted by molar-refractivity contribution is 14.0. The first-order chi connectivity index (χ1) is 14.2. The van der Waals surface area contributed by atoms with Gasteiger partial charge in [-0.1, -0.05) is 25.5 Å². The molecule has 1 aromatic rings. The van der Waals surface area contributed by atoms with Crippen LogP contribution in [-0.4, -0.2) is 50.2 Å². The van der Waals surface area contributed by atoms with E-state index >= 15 is 0 Å². The second-order valence-electron chi connectivity index (χ2n) is 7.94. The number of hydrogen-bond acceptors (Lipinski definition) is 4. The van der Waals surface area contributed by atoms with Crippen LogP contribution in [0, 0.1) is 0 Å². The molecule has 0 unspecified atom stereocenters. The van der Waals surface area contributed by atoms with Crippen molar-refractivity contribution in [1.29, 1.82) is 0 Å². The van der Waals surface area contributed by atoms with Crippen LogP contribution in [0.3, 0.4) is 0 Å². The number of benzene rings is 1. The summed E-state index contributed by atoms with van der Waals surface area (Å²) < 4.78 is 5.19. The van der Waals surface area contributed by atoms with Crippen LogP contribution in [0.2, 0.25) is 0 Å². The number of carbonyl (C=O) groups is 2. The Hall–Kier alpha value is -2.04. The number of alkyl carbamates (subject to hydrolysis) is 1. The van der Waals surface area contributed by atoms with Gasteiger partial charge in [0.25, 0.3) is 5.91 Å². The van der Waals surface area contributed by atoms with Crippen LogP contribution in [0.1, 0.15) is 62.9 Å². The lowest BCUT2D eigenvalue weighted by atomic mass is 10.1. The number of ether oxygens (including phenoxy) is 1. The molecule has 4 N–H and O–H groups in total. The lowest BCUT2D eigenvalue weighted by Crippen LogP contribution is -2.39. The molecule has 0 aliphatic heterocycles. The van der Waals surface area contributed by atoms with Crippen LogP contribution in [0.5, 0.6) is 0 Å². The van der Waals surface area contributed by atoms with Gasteiger partial charge in [-0.05, 0) is 51.3 Å². The van der Waals surface area contributed by atoms with Crippen molar-refractivity contribution < 1.29 is 14.3 Å². The van der Waals surface area contributed by atoms with Crippen LogP contribution in [0.4, 0.5) is 4.79 Å². The molecular formula is C22H38IN5O3. The molecule has 0 spiro atoms. The maximum atomic E-state index is 12.0.